The maximum absolute atomic E-state index is 12.6. The van der Waals surface area contributed by atoms with Crippen LogP contribution < -0.4 is 15.8 Å². The van der Waals surface area contributed by atoms with Crippen LogP contribution in [0.1, 0.15) is 23.2 Å². The van der Waals surface area contributed by atoms with Crippen LogP contribution in [0.2, 0.25) is 5.02 Å². The molecular formula is C16H14ClN5O2S. The van der Waals surface area contributed by atoms with Crippen LogP contribution >= 0.6 is 22.9 Å². The summed E-state index contributed by atoms with van der Waals surface area (Å²) in [4.78, 5) is 31.9. The number of halogens is 1. The van der Waals surface area contributed by atoms with E-state index in [2.05, 4.69) is 20.3 Å². The Morgan fingerprint density at radius 2 is 2.08 bits per heavy atom. The molecule has 0 spiro atoms. The van der Waals surface area contributed by atoms with Crippen molar-refractivity contribution in [2.45, 2.75) is 12.8 Å². The van der Waals surface area contributed by atoms with E-state index in [0.717, 1.165) is 31.1 Å². The minimum absolute atomic E-state index is 0.0595. The number of benzene rings is 1. The molecule has 1 aliphatic rings. The average Bonchev–Trinajstić information content (AvgIpc) is 3.24. The van der Waals surface area contributed by atoms with Crippen molar-refractivity contribution in [2.24, 2.45) is 0 Å². The van der Waals surface area contributed by atoms with Crippen molar-refractivity contribution in [3.05, 3.63) is 51.4 Å². The summed E-state index contributed by atoms with van der Waals surface area (Å²) >= 11 is 7.26. The fraction of sp³-hybridized carbons (Fsp3) is 0.250. The van der Waals surface area contributed by atoms with Crippen molar-refractivity contribution in [1.82, 2.24) is 14.6 Å². The molecule has 7 nitrogen and oxygen atoms in total. The molecule has 9 heteroatoms. The molecule has 1 fully saturated rings. The van der Waals surface area contributed by atoms with E-state index in [1.54, 1.807) is 24.3 Å². The lowest BCUT2D eigenvalue weighted by molar-refractivity contribution is 0.102. The van der Waals surface area contributed by atoms with E-state index < -0.39 is 11.5 Å². The van der Waals surface area contributed by atoms with Gasteiger partial charge < -0.3 is 10.2 Å². The molecule has 0 unspecified atom stereocenters. The number of amides is 1. The van der Waals surface area contributed by atoms with E-state index in [1.165, 1.54) is 22.0 Å². The van der Waals surface area contributed by atoms with Gasteiger partial charge in [-0.15, -0.1) is 5.10 Å². The molecular weight excluding hydrogens is 362 g/mol. The van der Waals surface area contributed by atoms with Crippen molar-refractivity contribution >= 4 is 44.6 Å². The highest BCUT2D eigenvalue weighted by atomic mass is 35.5. The average molecular weight is 376 g/mol. The van der Waals surface area contributed by atoms with Crippen LogP contribution in [-0.4, -0.2) is 33.6 Å². The SMILES string of the molecule is O=C(Nc1cccc(Cl)c1)c1cnc2sc(N3CCCC3)nn2c1=O. The fourth-order valence-electron chi connectivity index (χ4n) is 2.73. The maximum Gasteiger partial charge on any atom is 0.288 e. The molecule has 1 aromatic carbocycles. The van der Waals surface area contributed by atoms with Crippen molar-refractivity contribution < 1.29 is 4.79 Å². The summed E-state index contributed by atoms with van der Waals surface area (Å²) in [7, 11) is 0. The second kappa shape index (κ2) is 6.45. The molecule has 1 aliphatic heterocycles. The number of anilines is 2. The lowest BCUT2D eigenvalue weighted by Crippen LogP contribution is -2.27. The second-order valence-corrected chi connectivity index (χ2v) is 7.09. The van der Waals surface area contributed by atoms with Crippen molar-refractivity contribution in [3.63, 3.8) is 0 Å². The van der Waals surface area contributed by atoms with Crippen molar-refractivity contribution in [2.75, 3.05) is 23.3 Å². The third kappa shape index (κ3) is 3.10. The molecule has 4 rings (SSSR count). The smallest absolute Gasteiger partial charge is 0.288 e. The highest BCUT2D eigenvalue weighted by molar-refractivity contribution is 7.20. The van der Waals surface area contributed by atoms with Crippen molar-refractivity contribution in [1.29, 1.82) is 0 Å². The van der Waals surface area contributed by atoms with Crippen LogP contribution in [0.5, 0.6) is 0 Å². The number of hydrogen-bond donors (Lipinski definition) is 1. The van der Waals surface area contributed by atoms with Gasteiger partial charge in [-0.05, 0) is 31.0 Å². The van der Waals surface area contributed by atoms with E-state index in [4.69, 9.17) is 11.6 Å². The summed E-state index contributed by atoms with van der Waals surface area (Å²) in [6.45, 7) is 1.85. The number of carbonyl (C=O) groups excluding carboxylic acids is 1. The van der Waals surface area contributed by atoms with Gasteiger partial charge in [0, 0.05) is 30.0 Å². The molecule has 25 heavy (non-hydrogen) atoms. The minimum Gasteiger partial charge on any atom is -0.347 e. The Morgan fingerprint density at radius 3 is 2.84 bits per heavy atom. The Kier molecular flexibility index (Phi) is 4.14. The maximum atomic E-state index is 12.6. The molecule has 0 saturated carbocycles. The Balaban J connectivity index is 1.66. The monoisotopic (exact) mass is 375 g/mol. The van der Waals surface area contributed by atoms with Crippen molar-refractivity contribution in [3.8, 4) is 0 Å². The van der Waals surface area contributed by atoms with Gasteiger partial charge in [0.15, 0.2) is 0 Å². The number of nitrogens with zero attached hydrogens (tertiary/aromatic N) is 4. The Bertz CT molecular complexity index is 1010. The summed E-state index contributed by atoms with van der Waals surface area (Å²) in [5.41, 5.74) is -0.0278. The predicted octanol–water partition coefficient (Wildman–Crippen LogP) is 2.66. The quantitative estimate of drug-likeness (QED) is 0.761. The number of carbonyl (C=O) groups is 1. The Morgan fingerprint density at radius 1 is 1.28 bits per heavy atom. The first-order valence-corrected chi connectivity index (χ1v) is 9.02. The molecule has 0 radical (unpaired) electrons. The van der Waals surface area contributed by atoms with Gasteiger partial charge >= 0.3 is 0 Å². The number of rotatable bonds is 3. The molecule has 1 N–H and O–H groups in total. The van der Waals surface area contributed by atoms with E-state index in [-0.39, 0.29) is 5.56 Å². The standard InChI is InChI=1S/C16H14ClN5O2S/c17-10-4-3-5-11(8-10)19-13(23)12-9-18-15-22(14(12)24)20-16(25-15)21-6-1-2-7-21/h3-5,8-9H,1-2,6-7H2,(H,19,23). The highest BCUT2D eigenvalue weighted by Crippen LogP contribution is 2.24. The normalized spacial score (nSPS) is 14.2. The molecule has 2 aromatic heterocycles. The van der Waals surface area contributed by atoms with E-state index >= 15 is 0 Å². The van der Waals surface area contributed by atoms with E-state index in [0.29, 0.717) is 15.7 Å². The number of aromatic nitrogens is 3. The van der Waals surface area contributed by atoms with E-state index in [1.807, 2.05) is 0 Å². The first kappa shape index (κ1) is 16.0. The lowest BCUT2D eigenvalue weighted by atomic mass is 10.2. The van der Waals surface area contributed by atoms with Crippen LogP contribution in [0, 0.1) is 0 Å². The molecule has 0 aliphatic carbocycles. The predicted molar refractivity (Wildman–Crippen MR) is 98.0 cm³/mol. The summed E-state index contributed by atoms with van der Waals surface area (Å²) in [5.74, 6) is -0.537. The van der Waals surface area contributed by atoms with Gasteiger partial charge in [0.05, 0.1) is 0 Å². The van der Waals surface area contributed by atoms with Gasteiger partial charge in [-0.3, -0.25) is 9.59 Å². The largest absolute Gasteiger partial charge is 0.347 e. The van der Waals surface area contributed by atoms with Gasteiger partial charge in [-0.2, -0.15) is 4.52 Å². The Labute approximate surface area is 151 Å². The highest BCUT2D eigenvalue weighted by Gasteiger charge is 2.20. The van der Waals surface area contributed by atoms with Crippen LogP contribution in [0.4, 0.5) is 10.8 Å². The zero-order valence-corrected chi connectivity index (χ0v) is 14.7. The summed E-state index contributed by atoms with van der Waals surface area (Å²) in [6, 6.07) is 6.73. The number of nitrogens with one attached hydrogen (secondary N) is 1. The van der Waals surface area contributed by atoms with Crippen LogP contribution in [0.15, 0.2) is 35.3 Å². The van der Waals surface area contributed by atoms with Gasteiger partial charge in [-0.25, -0.2) is 4.98 Å². The Hall–Kier alpha value is -2.45. The first-order chi connectivity index (χ1) is 12.1. The molecule has 0 atom stereocenters. The van der Waals surface area contributed by atoms with Crippen LogP contribution in [0.25, 0.3) is 4.96 Å². The third-order valence-corrected chi connectivity index (χ3v) is 5.20. The molecule has 3 aromatic rings. The van der Waals surface area contributed by atoms with Crippen LogP contribution in [-0.2, 0) is 0 Å². The second-order valence-electron chi connectivity index (χ2n) is 5.71. The molecule has 1 saturated heterocycles. The van der Waals surface area contributed by atoms with Gasteiger partial charge in [0.25, 0.3) is 11.5 Å². The summed E-state index contributed by atoms with van der Waals surface area (Å²) in [6.07, 6.45) is 3.53. The summed E-state index contributed by atoms with van der Waals surface area (Å²) < 4.78 is 1.20. The molecule has 1 amide bonds. The zero-order chi connectivity index (χ0) is 17.4. The van der Waals surface area contributed by atoms with Gasteiger partial charge in [-0.1, -0.05) is 29.0 Å². The first-order valence-electron chi connectivity index (χ1n) is 7.82. The number of hydrogen-bond acceptors (Lipinski definition) is 6. The zero-order valence-electron chi connectivity index (χ0n) is 13.1. The molecule has 0 bridgehead atoms. The topological polar surface area (TPSA) is 79.6 Å². The van der Waals surface area contributed by atoms with Gasteiger partial charge in [0.1, 0.15) is 5.56 Å². The van der Waals surface area contributed by atoms with E-state index in [9.17, 15) is 9.59 Å². The van der Waals surface area contributed by atoms with Gasteiger partial charge in [0.2, 0.25) is 10.1 Å². The fourth-order valence-corrected chi connectivity index (χ4v) is 3.84. The summed E-state index contributed by atoms with van der Waals surface area (Å²) in [5, 5.41) is 8.26. The lowest BCUT2D eigenvalue weighted by Gasteiger charge is -2.10. The number of fused-ring (bicyclic) bond motifs is 1. The molecule has 3 heterocycles. The minimum atomic E-state index is -0.537. The third-order valence-electron chi connectivity index (χ3n) is 3.98. The van der Waals surface area contributed by atoms with Crippen LogP contribution in [0.3, 0.4) is 0 Å². The molecule has 128 valence electrons.